The van der Waals surface area contributed by atoms with Crippen molar-refractivity contribution < 1.29 is 9.31 Å². The molecule has 2 rings (SSSR count). The second-order valence-electron chi connectivity index (χ2n) is 6.52. The summed E-state index contributed by atoms with van der Waals surface area (Å²) in [5, 5.41) is 0.713. The topological polar surface area (TPSA) is 18.5 Å². The first-order valence-electron chi connectivity index (χ1n) is 6.79. The van der Waals surface area contributed by atoms with Gasteiger partial charge in [0.25, 0.3) is 0 Å². The average molecular weight is 281 g/mol. The number of hydrogen-bond donors (Lipinski definition) is 0. The van der Waals surface area contributed by atoms with E-state index in [0.29, 0.717) is 10.9 Å². The minimum atomic E-state index is -0.390. The molecule has 0 spiro atoms. The molecule has 1 aliphatic heterocycles. The van der Waals surface area contributed by atoms with Crippen LogP contribution in [0, 0.1) is 0 Å². The van der Waals surface area contributed by atoms with Crippen LogP contribution in [0.2, 0.25) is 5.02 Å². The van der Waals surface area contributed by atoms with Crippen molar-refractivity contribution in [1.82, 2.24) is 0 Å². The molecular formula is C15H22BClO2. The van der Waals surface area contributed by atoms with Crippen LogP contribution in [0.4, 0.5) is 0 Å². The molecule has 1 aromatic rings. The summed E-state index contributed by atoms with van der Waals surface area (Å²) in [4.78, 5) is 0. The van der Waals surface area contributed by atoms with Gasteiger partial charge in [-0.3, -0.25) is 0 Å². The SMILES string of the molecule is CC(C)c1ccc(B2OC(C)(C)C(C)(C)O2)c(Cl)c1. The summed E-state index contributed by atoms with van der Waals surface area (Å²) in [5.74, 6) is 0.463. The molecule has 2 nitrogen and oxygen atoms in total. The molecule has 1 aliphatic rings. The van der Waals surface area contributed by atoms with Crippen molar-refractivity contribution >= 4 is 24.2 Å². The summed E-state index contributed by atoms with van der Waals surface area (Å²) in [6.45, 7) is 12.5. The summed E-state index contributed by atoms with van der Waals surface area (Å²) in [6, 6.07) is 6.11. The molecule has 0 N–H and O–H groups in total. The van der Waals surface area contributed by atoms with E-state index in [4.69, 9.17) is 20.9 Å². The van der Waals surface area contributed by atoms with Crippen LogP contribution in [-0.2, 0) is 9.31 Å². The molecule has 0 amide bonds. The standard InChI is InChI=1S/C15H22BClO2/c1-10(2)11-7-8-12(13(17)9-11)16-18-14(3,4)15(5,6)19-16/h7-10H,1-6H3. The third-order valence-corrected chi connectivity index (χ3v) is 4.53. The molecular weight excluding hydrogens is 258 g/mol. The lowest BCUT2D eigenvalue weighted by molar-refractivity contribution is 0.00578. The van der Waals surface area contributed by atoms with Gasteiger partial charge in [-0.15, -0.1) is 0 Å². The van der Waals surface area contributed by atoms with Gasteiger partial charge in [-0.05, 0) is 45.2 Å². The number of benzene rings is 1. The van der Waals surface area contributed by atoms with Gasteiger partial charge >= 0.3 is 7.12 Å². The fourth-order valence-electron chi connectivity index (χ4n) is 2.06. The minimum absolute atomic E-state index is 0.336. The summed E-state index contributed by atoms with van der Waals surface area (Å²) in [7, 11) is -0.390. The highest BCUT2D eigenvalue weighted by molar-refractivity contribution is 6.65. The fraction of sp³-hybridized carbons (Fsp3) is 0.600. The molecule has 0 aromatic heterocycles. The Kier molecular flexibility index (Phi) is 3.76. The van der Waals surface area contributed by atoms with E-state index in [1.165, 1.54) is 5.56 Å². The first kappa shape index (κ1) is 14.9. The Hall–Kier alpha value is -0.505. The van der Waals surface area contributed by atoms with Crippen LogP contribution in [-0.4, -0.2) is 18.3 Å². The van der Waals surface area contributed by atoms with E-state index < -0.39 is 7.12 Å². The number of hydrogen-bond acceptors (Lipinski definition) is 2. The second kappa shape index (κ2) is 4.80. The predicted molar refractivity (Wildman–Crippen MR) is 81.3 cm³/mol. The van der Waals surface area contributed by atoms with Crippen LogP contribution < -0.4 is 5.46 Å². The zero-order valence-electron chi connectivity index (χ0n) is 12.6. The third-order valence-electron chi connectivity index (χ3n) is 4.20. The zero-order valence-corrected chi connectivity index (χ0v) is 13.3. The Morgan fingerprint density at radius 3 is 2.00 bits per heavy atom. The molecule has 0 aliphatic carbocycles. The van der Waals surface area contributed by atoms with Crippen LogP contribution in [0.3, 0.4) is 0 Å². The Balaban J connectivity index is 2.30. The van der Waals surface area contributed by atoms with E-state index in [9.17, 15) is 0 Å². The van der Waals surface area contributed by atoms with Crippen LogP contribution in [0.25, 0.3) is 0 Å². The molecule has 1 fully saturated rings. The van der Waals surface area contributed by atoms with Crippen molar-refractivity contribution in [1.29, 1.82) is 0 Å². The maximum atomic E-state index is 6.38. The maximum Gasteiger partial charge on any atom is 0.496 e. The first-order chi connectivity index (χ1) is 8.64. The highest BCUT2D eigenvalue weighted by Crippen LogP contribution is 2.37. The summed E-state index contributed by atoms with van der Waals surface area (Å²) < 4.78 is 12.0. The Morgan fingerprint density at radius 2 is 1.58 bits per heavy atom. The van der Waals surface area contributed by atoms with Gasteiger partial charge in [-0.2, -0.15) is 0 Å². The van der Waals surface area contributed by atoms with Crippen molar-refractivity contribution in [3.63, 3.8) is 0 Å². The van der Waals surface area contributed by atoms with Gasteiger partial charge in [0.2, 0.25) is 0 Å². The predicted octanol–water partition coefficient (Wildman–Crippen LogP) is 3.76. The normalized spacial score (nSPS) is 21.2. The van der Waals surface area contributed by atoms with Crippen LogP contribution in [0.5, 0.6) is 0 Å². The summed E-state index contributed by atoms with van der Waals surface area (Å²) in [6.07, 6.45) is 0. The zero-order chi connectivity index (χ0) is 14.4. The Bertz CT molecular complexity index is 467. The van der Waals surface area contributed by atoms with Crippen molar-refractivity contribution in [2.24, 2.45) is 0 Å². The van der Waals surface area contributed by atoms with Gasteiger partial charge in [-0.25, -0.2) is 0 Å². The second-order valence-corrected chi connectivity index (χ2v) is 6.93. The van der Waals surface area contributed by atoms with E-state index in [-0.39, 0.29) is 11.2 Å². The van der Waals surface area contributed by atoms with E-state index in [1.54, 1.807) is 0 Å². The van der Waals surface area contributed by atoms with Crippen molar-refractivity contribution in [3.05, 3.63) is 28.8 Å². The molecule has 0 atom stereocenters. The molecule has 1 saturated heterocycles. The summed E-state index contributed by atoms with van der Waals surface area (Å²) >= 11 is 6.38. The maximum absolute atomic E-state index is 6.38. The molecule has 1 heterocycles. The highest BCUT2D eigenvalue weighted by atomic mass is 35.5. The van der Waals surface area contributed by atoms with Crippen molar-refractivity contribution in [3.8, 4) is 0 Å². The number of rotatable bonds is 2. The van der Waals surface area contributed by atoms with E-state index >= 15 is 0 Å². The van der Waals surface area contributed by atoms with Crippen LogP contribution >= 0.6 is 11.6 Å². The largest absolute Gasteiger partial charge is 0.496 e. The Morgan fingerprint density at radius 1 is 1.05 bits per heavy atom. The molecule has 0 saturated carbocycles. The van der Waals surface area contributed by atoms with Crippen LogP contribution in [0.15, 0.2) is 18.2 Å². The Labute approximate surface area is 121 Å². The quantitative estimate of drug-likeness (QED) is 0.768. The van der Waals surface area contributed by atoms with Crippen molar-refractivity contribution in [2.75, 3.05) is 0 Å². The number of halogens is 1. The van der Waals surface area contributed by atoms with Gasteiger partial charge in [0, 0.05) is 10.5 Å². The van der Waals surface area contributed by atoms with E-state index in [1.807, 2.05) is 39.8 Å². The van der Waals surface area contributed by atoms with Gasteiger partial charge in [0.15, 0.2) is 0 Å². The minimum Gasteiger partial charge on any atom is -0.399 e. The van der Waals surface area contributed by atoms with E-state index in [2.05, 4.69) is 19.9 Å². The summed E-state index contributed by atoms with van der Waals surface area (Å²) in [5.41, 5.74) is 1.46. The third kappa shape index (κ3) is 2.69. The molecule has 4 heteroatoms. The average Bonchev–Trinajstić information content (AvgIpc) is 2.47. The molecule has 0 bridgehead atoms. The van der Waals surface area contributed by atoms with Gasteiger partial charge in [0.1, 0.15) is 0 Å². The molecule has 0 unspecified atom stereocenters. The molecule has 19 heavy (non-hydrogen) atoms. The molecule has 1 aromatic carbocycles. The molecule has 104 valence electrons. The fourth-order valence-corrected chi connectivity index (χ4v) is 2.34. The van der Waals surface area contributed by atoms with Crippen molar-refractivity contribution in [2.45, 2.75) is 58.7 Å². The smallest absolute Gasteiger partial charge is 0.399 e. The van der Waals surface area contributed by atoms with Crippen LogP contribution in [0.1, 0.15) is 53.0 Å². The van der Waals surface area contributed by atoms with Gasteiger partial charge in [-0.1, -0.05) is 37.6 Å². The van der Waals surface area contributed by atoms with E-state index in [0.717, 1.165) is 5.46 Å². The van der Waals surface area contributed by atoms with Gasteiger partial charge in [0.05, 0.1) is 11.2 Å². The lowest BCUT2D eigenvalue weighted by Gasteiger charge is -2.32. The van der Waals surface area contributed by atoms with Gasteiger partial charge < -0.3 is 9.31 Å². The lowest BCUT2D eigenvalue weighted by Crippen LogP contribution is -2.41. The monoisotopic (exact) mass is 280 g/mol. The first-order valence-corrected chi connectivity index (χ1v) is 7.17. The highest BCUT2D eigenvalue weighted by Gasteiger charge is 2.52. The molecule has 0 radical (unpaired) electrons. The lowest BCUT2D eigenvalue weighted by atomic mass is 9.78.